The Bertz CT molecular complexity index is 944. The first-order valence-electron chi connectivity index (χ1n) is 7.75. The van der Waals surface area contributed by atoms with Gasteiger partial charge in [0.05, 0.1) is 24.9 Å². The highest BCUT2D eigenvalue weighted by Crippen LogP contribution is 2.36. The summed E-state index contributed by atoms with van der Waals surface area (Å²) in [6, 6.07) is 4.45. The number of hydrogen-bond donors (Lipinski definition) is 1. The number of carbonyl (C=O) groups excluding carboxylic acids is 2. The minimum Gasteiger partial charge on any atom is -0.496 e. The van der Waals surface area contributed by atoms with Crippen LogP contribution in [0.25, 0.3) is 5.57 Å². The third kappa shape index (κ3) is 4.00. The first-order chi connectivity index (χ1) is 12.7. The highest BCUT2D eigenvalue weighted by atomic mass is 79.9. The Labute approximate surface area is 162 Å². The average molecular weight is 440 g/mol. The summed E-state index contributed by atoms with van der Waals surface area (Å²) in [7, 11) is 1.34. The second-order valence-electron chi connectivity index (χ2n) is 5.38. The first kappa shape index (κ1) is 20.6. The molecule has 2 aromatic rings. The lowest BCUT2D eigenvalue weighted by Crippen LogP contribution is -2.15. The maximum absolute atomic E-state index is 13.7. The van der Waals surface area contributed by atoms with Crippen LogP contribution in [0.2, 0.25) is 0 Å². The van der Waals surface area contributed by atoms with Gasteiger partial charge in [0.25, 0.3) is 0 Å². The van der Waals surface area contributed by atoms with Crippen LogP contribution >= 0.6 is 15.9 Å². The molecule has 0 aliphatic carbocycles. The fraction of sp³-hybridized carbons (Fsp3) is 0.158. The molecule has 0 atom stereocenters. The first-order valence-corrected chi connectivity index (χ1v) is 8.54. The molecule has 0 unspecified atom stereocenters. The number of ether oxygens (including phenoxy) is 2. The molecule has 0 spiro atoms. The van der Waals surface area contributed by atoms with Crippen LogP contribution in [-0.2, 0) is 9.53 Å². The molecule has 5 nitrogen and oxygen atoms in total. The normalized spacial score (nSPS) is 10.4. The molecule has 142 valence electrons. The second kappa shape index (κ2) is 8.30. The van der Waals surface area contributed by atoms with Gasteiger partial charge < -0.3 is 15.2 Å². The average Bonchev–Trinajstić information content (AvgIpc) is 2.63. The summed E-state index contributed by atoms with van der Waals surface area (Å²) in [5, 5.41) is 0. The van der Waals surface area contributed by atoms with Crippen LogP contribution < -0.4 is 10.5 Å². The number of anilines is 1. The molecular weight excluding hydrogens is 424 g/mol. The fourth-order valence-corrected chi connectivity index (χ4v) is 2.96. The molecule has 2 N–H and O–H groups in total. The zero-order chi connectivity index (χ0) is 20.3. The monoisotopic (exact) mass is 439 g/mol. The maximum Gasteiger partial charge on any atom is 0.338 e. The number of halogens is 3. The predicted molar refractivity (Wildman–Crippen MR) is 101 cm³/mol. The lowest BCUT2D eigenvalue weighted by molar-refractivity contribution is -0.136. The van der Waals surface area contributed by atoms with Gasteiger partial charge >= 0.3 is 5.97 Å². The van der Waals surface area contributed by atoms with Crippen LogP contribution in [0.4, 0.5) is 14.5 Å². The summed E-state index contributed by atoms with van der Waals surface area (Å²) >= 11 is 3.04. The van der Waals surface area contributed by atoms with Crippen molar-refractivity contribution in [1.29, 1.82) is 0 Å². The molecule has 0 aliphatic heterocycles. The Morgan fingerprint density at radius 1 is 1.19 bits per heavy atom. The largest absolute Gasteiger partial charge is 0.496 e. The van der Waals surface area contributed by atoms with E-state index in [9.17, 15) is 18.4 Å². The van der Waals surface area contributed by atoms with E-state index in [0.717, 1.165) is 12.1 Å². The van der Waals surface area contributed by atoms with Gasteiger partial charge in [-0.2, -0.15) is 0 Å². The van der Waals surface area contributed by atoms with Gasteiger partial charge in [0.1, 0.15) is 5.75 Å². The molecule has 0 saturated carbocycles. The molecule has 0 aromatic heterocycles. The third-order valence-electron chi connectivity index (χ3n) is 3.72. The van der Waals surface area contributed by atoms with Crippen molar-refractivity contribution in [3.63, 3.8) is 0 Å². The van der Waals surface area contributed by atoms with E-state index in [1.54, 1.807) is 6.92 Å². The zero-order valence-electron chi connectivity index (χ0n) is 14.6. The van der Waals surface area contributed by atoms with Crippen molar-refractivity contribution in [2.45, 2.75) is 6.92 Å². The van der Waals surface area contributed by atoms with E-state index in [1.165, 1.54) is 19.2 Å². The van der Waals surface area contributed by atoms with Crippen LogP contribution in [0, 0.1) is 11.6 Å². The number of ketones is 1. The van der Waals surface area contributed by atoms with Gasteiger partial charge in [-0.05, 0) is 47.1 Å². The van der Waals surface area contributed by atoms with Crippen LogP contribution in [0.5, 0.6) is 5.75 Å². The van der Waals surface area contributed by atoms with E-state index in [0.29, 0.717) is 0 Å². The van der Waals surface area contributed by atoms with Gasteiger partial charge in [0, 0.05) is 21.3 Å². The van der Waals surface area contributed by atoms with Crippen molar-refractivity contribution in [2.24, 2.45) is 0 Å². The molecule has 0 bridgehead atoms. The number of nitrogen functional groups attached to an aromatic ring is 1. The highest BCUT2D eigenvalue weighted by molar-refractivity contribution is 9.10. The Morgan fingerprint density at radius 2 is 1.81 bits per heavy atom. The Hall–Kier alpha value is -2.74. The molecular formula is C19H16BrF2NO4. The van der Waals surface area contributed by atoms with E-state index in [-0.39, 0.29) is 44.8 Å². The lowest BCUT2D eigenvalue weighted by atomic mass is 9.92. The number of nitrogens with two attached hydrogens (primary N) is 1. The minimum atomic E-state index is -1.20. The fourth-order valence-electron chi connectivity index (χ4n) is 2.47. The van der Waals surface area contributed by atoms with Crippen molar-refractivity contribution in [3.8, 4) is 5.75 Å². The minimum absolute atomic E-state index is 0.0119. The van der Waals surface area contributed by atoms with Gasteiger partial charge in [-0.3, -0.25) is 4.79 Å². The summed E-state index contributed by atoms with van der Waals surface area (Å²) < 4.78 is 37.2. The number of hydrogen-bond acceptors (Lipinski definition) is 5. The smallest absolute Gasteiger partial charge is 0.338 e. The summed E-state index contributed by atoms with van der Waals surface area (Å²) in [4.78, 5) is 25.2. The van der Waals surface area contributed by atoms with Crippen molar-refractivity contribution in [3.05, 3.63) is 63.6 Å². The van der Waals surface area contributed by atoms with Gasteiger partial charge in [-0.1, -0.05) is 6.58 Å². The number of carbonyl (C=O) groups is 2. The molecule has 0 heterocycles. The quantitative estimate of drug-likeness (QED) is 0.240. The summed E-state index contributed by atoms with van der Waals surface area (Å²) in [6.07, 6.45) is 0. The van der Waals surface area contributed by atoms with Crippen LogP contribution in [0.3, 0.4) is 0 Å². The van der Waals surface area contributed by atoms with E-state index in [2.05, 4.69) is 22.5 Å². The Kier molecular flexibility index (Phi) is 6.32. The van der Waals surface area contributed by atoms with Gasteiger partial charge in [0.2, 0.25) is 0 Å². The number of methoxy groups -OCH3 is 1. The van der Waals surface area contributed by atoms with Crippen molar-refractivity contribution < 1.29 is 27.8 Å². The highest BCUT2D eigenvalue weighted by Gasteiger charge is 2.27. The van der Waals surface area contributed by atoms with Crippen LogP contribution in [0.1, 0.15) is 28.4 Å². The molecule has 0 fully saturated rings. The molecule has 0 radical (unpaired) electrons. The van der Waals surface area contributed by atoms with Crippen molar-refractivity contribution in [1.82, 2.24) is 0 Å². The van der Waals surface area contributed by atoms with Gasteiger partial charge in [-0.15, -0.1) is 0 Å². The second-order valence-corrected chi connectivity index (χ2v) is 6.24. The molecule has 0 aliphatic rings. The number of esters is 1. The van der Waals surface area contributed by atoms with E-state index in [4.69, 9.17) is 15.2 Å². The third-order valence-corrected chi connectivity index (χ3v) is 4.38. The van der Waals surface area contributed by atoms with Gasteiger partial charge in [-0.25, -0.2) is 13.6 Å². The molecule has 0 saturated heterocycles. The maximum atomic E-state index is 13.7. The van der Waals surface area contributed by atoms with E-state index >= 15 is 0 Å². The lowest BCUT2D eigenvalue weighted by Gasteiger charge is -2.17. The standard InChI is InChI=1S/C19H16BrF2NO4/c1-4-27-19(25)9(2)16-15(26-3)6-5-14(23)17(16)18(24)10-7-12(21)13(22)8-11(10)20/h5-8H,2,4,23H2,1,3H3. The predicted octanol–water partition coefficient (Wildman–Crippen LogP) is 4.13. The van der Waals surface area contributed by atoms with E-state index < -0.39 is 23.4 Å². The number of rotatable bonds is 6. The summed E-state index contributed by atoms with van der Waals surface area (Å²) in [6.45, 7) is 5.39. The topological polar surface area (TPSA) is 78.6 Å². The Balaban J connectivity index is 2.73. The van der Waals surface area contributed by atoms with E-state index in [1.807, 2.05) is 0 Å². The molecule has 2 aromatic carbocycles. The number of benzene rings is 2. The Morgan fingerprint density at radius 3 is 2.41 bits per heavy atom. The van der Waals surface area contributed by atoms with Crippen molar-refractivity contribution in [2.75, 3.05) is 19.5 Å². The SMILES string of the molecule is C=C(C(=O)OCC)c1c(OC)ccc(N)c1C(=O)c1cc(F)c(F)cc1Br. The zero-order valence-corrected chi connectivity index (χ0v) is 16.2. The molecule has 2 rings (SSSR count). The molecule has 8 heteroatoms. The van der Waals surface area contributed by atoms with Crippen LogP contribution in [0.15, 0.2) is 35.3 Å². The molecule has 0 amide bonds. The summed E-state index contributed by atoms with van der Waals surface area (Å²) in [5.74, 6) is -3.66. The molecule has 27 heavy (non-hydrogen) atoms. The summed E-state index contributed by atoms with van der Waals surface area (Å²) in [5.41, 5.74) is 5.55. The van der Waals surface area contributed by atoms with Crippen molar-refractivity contribution >= 4 is 38.9 Å². The van der Waals surface area contributed by atoms with Gasteiger partial charge in [0.15, 0.2) is 17.4 Å². The van der Waals surface area contributed by atoms with Crippen LogP contribution in [-0.4, -0.2) is 25.5 Å².